The number of hydrogen-bond donors (Lipinski definition) is 2. The third-order valence-electron chi connectivity index (χ3n) is 1.74. The molecule has 0 radical (unpaired) electrons. The molecule has 4 heteroatoms. The highest BCUT2D eigenvalue weighted by Crippen LogP contribution is 2.14. The average molecular weight is 285 g/mol. The molecule has 0 aliphatic heterocycles. The van der Waals surface area contributed by atoms with Crippen molar-refractivity contribution >= 4 is 28.7 Å². The largest absolute Gasteiger partial charge is 0.465 e. The molecule has 2 unspecified atom stereocenters. The lowest BCUT2D eigenvalue weighted by Gasteiger charge is -2.20. The van der Waals surface area contributed by atoms with Crippen LogP contribution in [0.4, 0.5) is 4.79 Å². The molecule has 2 N–H and O–H groups in total. The summed E-state index contributed by atoms with van der Waals surface area (Å²) < 4.78 is 0.402. The number of halogens is 1. The van der Waals surface area contributed by atoms with Gasteiger partial charge in [0.2, 0.25) is 0 Å². The summed E-state index contributed by atoms with van der Waals surface area (Å²) in [5.41, 5.74) is 0. The van der Waals surface area contributed by atoms with Gasteiger partial charge in [0.25, 0.3) is 0 Å². The number of hydrogen-bond acceptors (Lipinski definition) is 1. The number of carboxylic acid groups (broad SMARTS) is 1. The molecule has 0 heterocycles. The molecule has 0 aliphatic rings. The highest BCUT2D eigenvalue weighted by Gasteiger charge is 2.17. The Morgan fingerprint density at radius 2 is 2.17 bits per heavy atom. The maximum Gasteiger partial charge on any atom is 0.404 e. The molecule has 0 saturated carbocycles. The van der Waals surface area contributed by atoms with Gasteiger partial charge in [-0.2, -0.15) is 0 Å². The average Bonchev–Trinajstić information content (AvgIpc) is 2.01. The molecule has 0 aromatic heterocycles. The Morgan fingerprint density at radius 1 is 1.58 bits per heavy atom. The molecule has 12 heavy (non-hydrogen) atoms. The summed E-state index contributed by atoms with van der Waals surface area (Å²) in [6.07, 6.45) is 2.03. The molecule has 3 nitrogen and oxygen atoms in total. The molecule has 0 rings (SSSR count). The van der Waals surface area contributed by atoms with E-state index < -0.39 is 6.09 Å². The molecular weight excluding hydrogens is 269 g/mol. The molecule has 72 valence electrons. The van der Waals surface area contributed by atoms with Crippen LogP contribution in [0.3, 0.4) is 0 Å². The Morgan fingerprint density at radius 3 is 2.50 bits per heavy atom. The van der Waals surface area contributed by atoms with Gasteiger partial charge in [-0.15, -0.1) is 0 Å². The van der Waals surface area contributed by atoms with E-state index in [1.165, 1.54) is 0 Å². The fourth-order valence-electron chi connectivity index (χ4n) is 1.10. The molecule has 0 bridgehead atoms. The highest BCUT2D eigenvalue weighted by molar-refractivity contribution is 14.1. The fourth-order valence-corrected chi connectivity index (χ4v) is 1.64. The predicted octanol–water partition coefficient (Wildman–Crippen LogP) is 2.64. The molecule has 0 aliphatic carbocycles. The minimum Gasteiger partial charge on any atom is -0.465 e. The van der Waals surface area contributed by atoms with Crippen LogP contribution in [0.1, 0.15) is 33.1 Å². The van der Waals surface area contributed by atoms with Crippen LogP contribution in [0.25, 0.3) is 0 Å². The molecule has 1 amide bonds. The van der Waals surface area contributed by atoms with Gasteiger partial charge in [-0.25, -0.2) is 4.79 Å². The van der Waals surface area contributed by atoms with Crippen LogP contribution in [-0.2, 0) is 0 Å². The minimum absolute atomic E-state index is 0.109. The Bertz CT molecular complexity index is 141. The second kappa shape index (κ2) is 6.51. The van der Waals surface area contributed by atoms with Gasteiger partial charge >= 0.3 is 6.09 Å². The zero-order valence-corrected chi connectivity index (χ0v) is 9.67. The molecular formula is C8H16INO2. The van der Waals surface area contributed by atoms with Gasteiger partial charge in [0.15, 0.2) is 0 Å². The summed E-state index contributed by atoms with van der Waals surface area (Å²) in [7, 11) is 0. The maximum absolute atomic E-state index is 10.4. The minimum atomic E-state index is -0.913. The number of amides is 1. The Kier molecular flexibility index (Phi) is 6.51. The smallest absolute Gasteiger partial charge is 0.404 e. The zero-order valence-electron chi connectivity index (χ0n) is 7.51. The first kappa shape index (κ1) is 12.0. The van der Waals surface area contributed by atoms with Crippen molar-refractivity contribution < 1.29 is 9.90 Å². The Hall–Kier alpha value is 0. The van der Waals surface area contributed by atoms with E-state index in [2.05, 4.69) is 41.8 Å². The van der Waals surface area contributed by atoms with Crippen molar-refractivity contribution in [3.05, 3.63) is 0 Å². The number of carbonyl (C=O) groups is 1. The zero-order chi connectivity index (χ0) is 9.56. The van der Waals surface area contributed by atoms with E-state index in [1.54, 1.807) is 0 Å². The van der Waals surface area contributed by atoms with E-state index >= 15 is 0 Å². The van der Waals surface area contributed by atoms with Crippen molar-refractivity contribution in [2.45, 2.75) is 43.1 Å². The van der Waals surface area contributed by atoms with Gasteiger partial charge < -0.3 is 10.4 Å². The van der Waals surface area contributed by atoms with Crippen LogP contribution in [-0.4, -0.2) is 21.2 Å². The first-order valence-electron chi connectivity index (χ1n) is 4.25. The van der Waals surface area contributed by atoms with E-state index in [0.29, 0.717) is 3.92 Å². The predicted molar refractivity (Wildman–Crippen MR) is 58.0 cm³/mol. The van der Waals surface area contributed by atoms with Crippen LogP contribution in [0.2, 0.25) is 0 Å². The third kappa shape index (κ3) is 4.79. The van der Waals surface area contributed by atoms with Crippen LogP contribution >= 0.6 is 22.6 Å². The topological polar surface area (TPSA) is 49.3 Å². The van der Waals surface area contributed by atoms with E-state index in [-0.39, 0.29) is 6.04 Å². The maximum atomic E-state index is 10.4. The second-order valence-corrected chi connectivity index (χ2v) is 4.37. The number of rotatable bonds is 5. The summed E-state index contributed by atoms with van der Waals surface area (Å²) >= 11 is 2.30. The normalized spacial score (nSPS) is 15.2. The van der Waals surface area contributed by atoms with Gasteiger partial charge in [-0.05, 0) is 12.8 Å². The number of nitrogens with one attached hydrogen (secondary N) is 1. The molecule has 0 aromatic rings. The summed E-state index contributed by atoms with van der Waals surface area (Å²) in [4.78, 5) is 10.4. The van der Waals surface area contributed by atoms with E-state index in [0.717, 1.165) is 19.3 Å². The lowest BCUT2D eigenvalue weighted by Crippen LogP contribution is -2.39. The van der Waals surface area contributed by atoms with Crippen LogP contribution in [0, 0.1) is 0 Å². The standard InChI is InChI=1S/C8H16INO2/c1-3-5-7(6(9)4-2)10-8(11)12/h6-7,10H,3-5H2,1-2H3,(H,11,12). The lowest BCUT2D eigenvalue weighted by atomic mass is 10.1. The van der Waals surface area contributed by atoms with Gasteiger partial charge in [0.05, 0.1) is 0 Å². The second-order valence-electron chi connectivity index (χ2n) is 2.77. The highest BCUT2D eigenvalue weighted by atomic mass is 127. The van der Waals surface area contributed by atoms with Crippen molar-refractivity contribution in [1.29, 1.82) is 0 Å². The van der Waals surface area contributed by atoms with Crippen LogP contribution in [0.15, 0.2) is 0 Å². The van der Waals surface area contributed by atoms with E-state index in [9.17, 15) is 4.79 Å². The van der Waals surface area contributed by atoms with Crippen molar-refractivity contribution in [2.24, 2.45) is 0 Å². The Labute approximate surface area is 87.1 Å². The van der Waals surface area contributed by atoms with Crippen LogP contribution < -0.4 is 5.32 Å². The molecule has 0 saturated heterocycles. The quantitative estimate of drug-likeness (QED) is 0.602. The van der Waals surface area contributed by atoms with Crippen LogP contribution in [0.5, 0.6) is 0 Å². The molecule has 0 aromatic carbocycles. The molecule has 0 fully saturated rings. The van der Waals surface area contributed by atoms with Gasteiger partial charge in [-0.1, -0.05) is 42.9 Å². The first-order chi connectivity index (χ1) is 5.61. The van der Waals surface area contributed by atoms with Gasteiger partial charge in [0, 0.05) is 9.97 Å². The molecule has 2 atom stereocenters. The Balaban J connectivity index is 3.93. The van der Waals surface area contributed by atoms with Gasteiger partial charge in [-0.3, -0.25) is 0 Å². The van der Waals surface area contributed by atoms with Crippen molar-refractivity contribution in [1.82, 2.24) is 5.32 Å². The summed E-state index contributed by atoms with van der Waals surface area (Å²) in [6.45, 7) is 4.14. The fraction of sp³-hybridized carbons (Fsp3) is 0.875. The molecule has 0 spiro atoms. The van der Waals surface area contributed by atoms with Crippen molar-refractivity contribution in [3.63, 3.8) is 0 Å². The third-order valence-corrected chi connectivity index (χ3v) is 3.48. The summed E-state index contributed by atoms with van der Waals surface area (Å²) in [6, 6.07) is 0.109. The lowest BCUT2D eigenvalue weighted by molar-refractivity contribution is 0.189. The first-order valence-corrected chi connectivity index (χ1v) is 5.49. The van der Waals surface area contributed by atoms with Crippen molar-refractivity contribution in [3.8, 4) is 0 Å². The van der Waals surface area contributed by atoms with Crippen molar-refractivity contribution in [2.75, 3.05) is 0 Å². The summed E-state index contributed by atoms with van der Waals surface area (Å²) in [5.74, 6) is 0. The number of alkyl halides is 1. The van der Waals surface area contributed by atoms with E-state index in [1.807, 2.05) is 0 Å². The SMILES string of the molecule is CCCC(NC(=O)O)C(I)CC. The monoisotopic (exact) mass is 285 g/mol. The van der Waals surface area contributed by atoms with Gasteiger partial charge in [0.1, 0.15) is 0 Å². The van der Waals surface area contributed by atoms with E-state index in [4.69, 9.17) is 5.11 Å². The summed E-state index contributed by atoms with van der Waals surface area (Å²) in [5, 5.41) is 11.1.